The minimum atomic E-state index is -0.186. The Morgan fingerprint density at radius 1 is 1.55 bits per heavy atom. The molecule has 1 amide bonds. The Hall–Kier alpha value is -2.50. The van der Waals surface area contributed by atoms with Crippen LogP contribution in [0.15, 0.2) is 36.9 Å². The van der Waals surface area contributed by atoms with E-state index in [9.17, 15) is 4.79 Å². The smallest absolute Gasteiger partial charge is 0.255 e. The van der Waals surface area contributed by atoms with Gasteiger partial charge in [0, 0.05) is 36.7 Å². The maximum absolute atomic E-state index is 12.2. The molecule has 2 rings (SSSR count). The Bertz CT molecular complexity index is 581. The molecule has 0 saturated heterocycles. The Morgan fingerprint density at radius 2 is 2.35 bits per heavy atom. The number of rotatable bonds is 5. The van der Waals surface area contributed by atoms with Crippen LogP contribution in [-0.2, 0) is 6.54 Å². The molecule has 0 aliphatic carbocycles. The number of amides is 1. The van der Waals surface area contributed by atoms with E-state index in [1.54, 1.807) is 30.7 Å². The summed E-state index contributed by atoms with van der Waals surface area (Å²) >= 11 is 0. The van der Waals surface area contributed by atoms with Crippen molar-refractivity contribution in [2.75, 3.05) is 12.8 Å². The van der Waals surface area contributed by atoms with E-state index in [1.165, 1.54) is 7.11 Å². The normalized spacial score (nSPS) is 11.9. The number of imidazole rings is 1. The number of nitrogens with one attached hydrogen (secondary N) is 1. The van der Waals surface area contributed by atoms with Crippen molar-refractivity contribution < 1.29 is 9.53 Å². The van der Waals surface area contributed by atoms with Crippen molar-refractivity contribution in [2.24, 2.45) is 0 Å². The van der Waals surface area contributed by atoms with Gasteiger partial charge in [0.1, 0.15) is 5.75 Å². The first-order valence-electron chi connectivity index (χ1n) is 6.30. The SMILES string of the molecule is COc1cc(N)ccc1C(=O)NC(C)Cn1ccnc1. The lowest BCUT2D eigenvalue weighted by Crippen LogP contribution is -2.35. The van der Waals surface area contributed by atoms with Crippen LogP contribution in [0.3, 0.4) is 0 Å². The quantitative estimate of drug-likeness (QED) is 0.805. The molecule has 1 unspecified atom stereocenters. The molecule has 0 spiro atoms. The molecule has 0 fully saturated rings. The third kappa shape index (κ3) is 3.28. The highest BCUT2D eigenvalue weighted by molar-refractivity contribution is 5.97. The summed E-state index contributed by atoms with van der Waals surface area (Å²) in [5.41, 5.74) is 6.70. The number of methoxy groups -OCH3 is 1. The Morgan fingerprint density at radius 3 is 3.00 bits per heavy atom. The fraction of sp³-hybridized carbons (Fsp3) is 0.286. The van der Waals surface area contributed by atoms with Gasteiger partial charge in [0.25, 0.3) is 5.91 Å². The molecule has 0 bridgehead atoms. The molecule has 2 aromatic rings. The zero-order valence-electron chi connectivity index (χ0n) is 11.5. The van der Waals surface area contributed by atoms with E-state index in [0.717, 1.165) is 0 Å². The number of nitrogens with zero attached hydrogens (tertiary/aromatic N) is 2. The molecular formula is C14H18N4O2. The van der Waals surface area contributed by atoms with Gasteiger partial charge in [0.15, 0.2) is 0 Å². The molecule has 0 radical (unpaired) electrons. The van der Waals surface area contributed by atoms with E-state index in [-0.39, 0.29) is 11.9 Å². The van der Waals surface area contributed by atoms with Gasteiger partial charge in [-0.2, -0.15) is 0 Å². The van der Waals surface area contributed by atoms with E-state index in [4.69, 9.17) is 10.5 Å². The predicted octanol–water partition coefficient (Wildman–Crippen LogP) is 1.29. The molecule has 20 heavy (non-hydrogen) atoms. The third-order valence-electron chi connectivity index (χ3n) is 2.89. The van der Waals surface area contributed by atoms with Gasteiger partial charge in [0.05, 0.1) is 19.0 Å². The molecule has 1 heterocycles. The number of anilines is 1. The van der Waals surface area contributed by atoms with E-state index in [2.05, 4.69) is 10.3 Å². The first-order chi connectivity index (χ1) is 9.60. The van der Waals surface area contributed by atoms with Crippen molar-refractivity contribution in [1.29, 1.82) is 0 Å². The highest BCUT2D eigenvalue weighted by Crippen LogP contribution is 2.21. The number of aromatic nitrogens is 2. The molecule has 0 aliphatic rings. The third-order valence-corrected chi connectivity index (χ3v) is 2.89. The maximum atomic E-state index is 12.2. The van der Waals surface area contributed by atoms with Crippen LogP contribution in [0.5, 0.6) is 5.75 Å². The van der Waals surface area contributed by atoms with Gasteiger partial charge >= 0.3 is 0 Å². The molecule has 6 nitrogen and oxygen atoms in total. The van der Waals surface area contributed by atoms with Crippen LogP contribution < -0.4 is 15.8 Å². The van der Waals surface area contributed by atoms with E-state index >= 15 is 0 Å². The second-order valence-corrected chi connectivity index (χ2v) is 4.59. The van der Waals surface area contributed by atoms with Crippen molar-refractivity contribution in [3.63, 3.8) is 0 Å². The zero-order chi connectivity index (χ0) is 14.5. The predicted molar refractivity (Wildman–Crippen MR) is 76.6 cm³/mol. The number of carbonyl (C=O) groups is 1. The zero-order valence-corrected chi connectivity index (χ0v) is 11.5. The minimum Gasteiger partial charge on any atom is -0.496 e. The van der Waals surface area contributed by atoms with Gasteiger partial charge in [-0.05, 0) is 19.1 Å². The van der Waals surface area contributed by atoms with Crippen LogP contribution in [0.25, 0.3) is 0 Å². The molecule has 1 atom stereocenters. The molecule has 1 aromatic carbocycles. The Balaban J connectivity index is 2.04. The summed E-state index contributed by atoms with van der Waals surface area (Å²) in [5, 5.41) is 2.92. The lowest BCUT2D eigenvalue weighted by molar-refractivity contribution is 0.0933. The van der Waals surface area contributed by atoms with E-state index in [1.807, 2.05) is 17.7 Å². The molecule has 106 valence electrons. The molecule has 1 aromatic heterocycles. The van der Waals surface area contributed by atoms with E-state index < -0.39 is 0 Å². The van der Waals surface area contributed by atoms with Gasteiger partial charge in [-0.3, -0.25) is 4.79 Å². The van der Waals surface area contributed by atoms with Crippen LogP contribution in [0.2, 0.25) is 0 Å². The summed E-state index contributed by atoms with van der Waals surface area (Å²) in [6, 6.07) is 4.94. The average molecular weight is 274 g/mol. The van der Waals surface area contributed by atoms with Crippen LogP contribution in [0.1, 0.15) is 17.3 Å². The standard InChI is InChI=1S/C14H18N4O2/c1-10(8-18-6-5-16-9-18)17-14(19)12-4-3-11(15)7-13(12)20-2/h3-7,9-10H,8,15H2,1-2H3,(H,17,19). The number of hydrogen-bond donors (Lipinski definition) is 2. The van der Waals surface area contributed by atoms with Crippen molar-refractivity contribution in [2.45, 2.75) is 19.5 Å². The van der Waals surface area contributed by atoms with Crippen molar-refractivity contribution in [3.8, 4) is 5.75 Å². The monoisotopic (exact) mass is 274 g/mol. The number of nitrogen functional groups attached to an aromatic ring is 1. The van der Waals surface area contributed by atoms with Crippen molar-refractivity contribution in [3.05, 3.63) is 42.5 Å². The molecule has 0 aliphatic heterocycles. The fourth-order valence-corrected chi connectivity index (χ4v) is 1.95. The number of hydrogen-bond acceptors (Lipinski definition) is 4. The Kier molecular flexibility index (Phi) is 4.24. The largest absolute Gasteiger partial charge is 0.496 e. The minimum absolute atomic E-state index is 0.0287. The van der Waals surface area contributed by atoms with E-state index in [0.29, 0.717) is 23.5 Å². The maximum Gasteiger partial charge on any atom is 0.255 e. The van der Waals surface area contributed by atoms with Gasteiger partial charge in [0.2, 0.25) is 0 Å². The second kappa shape index (κ2) is 6.10. The van der Waals surface area contributed by atoms with Crippen molar-refractivity contribution in [1.82, 2.24) is 14.9 Å². The van der Waals surface area contributed by atoms with Crippen LogP contribution in [0.4, 0.5) is 5.69 Å². The molecule has 0 saturated carbocycles. The number of carbonyl (C=O) groups excluding carboxylic acids is 1. The first kappa shape index (κ1) is 13.9. The topological polar surface area (TPSA) is 82.2 Å². The molecule has 3 N–H and O–H groups in total. The van der Waals surface area contributed by atoms with Gasteiger partial charge in [-0.15, -0.1) is 0 Å². The first-order valence-corrected chi connectivity index (χ1v) is 6.30. The number of ether oxygens (including phenoxy) is 1. The van der Waals surface area contributed by atoms with Crippen LogP contribution >= 0.6 is 0 Å². The molecule has 6 heteroatoms. The number of benzene rings is 1. The molecular weight excluding hydrogens is 256 g/mol. The van der Waals surface area contributed by atoms with Gasteiger partial charge < -0.3 is 20.4 Å². The summed E-state index contributed by atoms with van der Waals surface area (Å²) in [5.74, 6) is 0.284. The fourth-order valence-electron chi connectivity index (χ4n) is 1.95. The highest BCUT2D eigenvalue weighted by Gasteiger charge is 2.14. The van der Waals surface area contributed by atoms with Crippen LogP contribution in [-0.4, -0.2) is 28.6 Å². The second-order valence-electron chi connectivity index (χ2n) is 4.59. The summed E-state index contributed by atoms with van der Waals surface area (Å²) in [6.45, 7) is 2.59. The van der Waals surface area contributed by atoms with Gasteiger partial charge in [-0.1, -0.05) is 0 Å². The summed E-state index contributed by atoms with van der Waals surface area (Å²) in [4.78, 5) is 16.2. The average Bonchev–Trinajstić information content (AvgIpc) is 2.90. The summed E-state index contributed by atoms with van der Waals surface area (Å²) in [6.07, 6.45) is 5.27. The van der Waals surface area contributed by atoms with Gasteiger partial charge in [-0.25, -0.2) is 4.98 Å². The highest BCUT2D eigenvalue weighted by atomic mass is 16.5. The summed E-state index contributed by atoms with van der Waals surface area (Å²) < 4.78 is 7.09. The lowest BCUT2D eigenvalue weighted by atomic mass is 10.1. The van der Waals surface area contributed by atoms with Crippen LogP contribution in [0, 0.1) is 0 Å². The summed E-state index contributed by atoms with van der Waals surface area (Å²) in [7, 11) is 1.51. The number of nitrogens with two attached hydrogens (primary N) is 1. The van der Waals surface area contributed by atoms with Crippen molar-refractivity contribution >= 4 is 11.6 Å². The lowest BCUT2D eigenvalue weighted by Gasteiger charge is -2.16. The Labute approximate surface area is 117 Å².